The van der Waals surface area contributed by atoms with Crippen molar-refractivity contribution in [1.82, 2.24) is 4.57 Å². The Kier molecular flexibility index (Phi) is 3.65. The minimum Gasteiger partial charge on any atom is -0.347 e. The second-order valence-corrected chi connectivity index (χ2v) is 5.05. The van der Waals surface area contributed by atoms with Gasteiger partial charge in [0.25, 0.3) is 5.69 Å². The summed E-state index contributed by atoms with van der Waals surface area (Å²) in [5.74, 6) is 0.696. The molecule has 4 nitrogen and oxygen atoms in total. The smallest absolute Gasteiger partial charge is 0.271 e. The molecule has 1 heterocycles. The predicted molar refractivity (Wildman–Crippen MR) is 72.7 cm³/mol. The Bertz CT molecular complexity index is 558. The first kappa shape index (κ1) is 12.6. The molecule has 0 fully saturated rings. The Labute approximate surface area is 106 Å². The van der Waals surface area contributed by atoms with Gasteiger partial charge in [0, 0.05) is 30.3 Å². The number of benzene rings is 1. The van der Waals surface area contributed by atoms with Crippen molar-refractivity contribution in [3.05, 3.63) is 40.6 Å². The minimum atomic E-state index is -0.342. The van der Waals surface area contributed by atoms with Crippen molar-refractivity contribution in [2.45, 2.75) is 33.2 Å². The number of aryl methyl sites for hydroxylation is 1. The first-order valence-electron chi connectivity index (χ1n) is 6.31. The lowest BCUT2D eigenvalue weighted by Crippen LogP contribution is -1.98. The third-order valence-corrected chi connectivity index (χ3v) is 3.15. The normalized spacial score (nSPS) is 11.3. The van der Waals surface area contributed by atoms with Crippen LogP contribution in [-0.4, -0.2) is 9.49 Å². The van der Waals surface area contributed by atoms with Crippen LogP contribution in [-0.2, 0) is 6.54 Å². The summed E-state index contributed by atoms with van der Waals surface area (Å²) in [6.45, 7) is 5.33. The van der Waals surface area contributed by atoms with Crippen molar-refractivity contribution < 1.29 is 4.92 Å². The van der Waals surface area contributed by atoms with E-state index in [9.17, 15) is 10.1 Å². The molecule has 2 aromatic rings. The Hall–Kier alpha value is -1.84. The lowest BCUT2D eigenvalue weighted by molar-refractivity contribution is -0.384. The zero-order chi connectivity index (χ0) is 13.1. The van der Waals surface area contributed by atoms with Crippen molar-refractivity contribution in [2.24, 2.45) is 5.92 Å². The number of nitro groups is 1. The first-order chi connectivity index (χ1) is 8.58. The van der Waals surface area contributed by atoms with Gasteiger partial charge in [-0.05, 0) is 30.9 Å². The van der Waals surface area contributed by atoms with Crippen LogP contribution in [0.2, 0.25) is 0 Å². The molecule has 2 rings (SSSR count). The number of aromatic nitrogens is 1. The number of nitrogens with zero attached hydrogens (tertiary/aromatic N) is 2. The van der Waals surface area contributed by atoms with Gasteiger partial charge in [-0.1, -0.05) is 13.8 Å². The summed E-state index contributed by atoms with van der Waals surface area (Å²) >= 11 is 0. The highest BCUT2D eigenvalue weighted by Crippen LogP contribution is 2.22. The van der Waals surface area contributed by atoms with Crippen LogP contribution in [0.1, 0.15) is 26.7 Å². The molecule has 1 aromatic heterocycles. The van der Waals surface area contributed by atoms with E-state index in [1.165, 1.54) is 6.42 Å². The van der Waals surface area contributed by atoms with Gasteiger partial charge >= 0.3 is 0 Å². The molecule has 0 radical (unpaired) electrons. The number of fused-ring (bicyclic) bond motifs is 1. The fraction of sp³-hybridized carbons (Fsp3) is 0.429. The molecule has 18 heavy (non-hydrogen) atoms. The monoisotopic (exact) mass is 246 g/mol. The van der Waals surface area contributed by atoms with Gasteiger partial charge in [0.05, 0.1) is 10.4 Å². The topological polar surface area (TPSA) is 48.1 Å². The Morgan fingerprint density at radius 1 is 1.33 bits per heavy atom. The van der Waals surface area contributed by atoms with Gasteiger partial charge in [-0.15, -0.1) is 0 Å². The lowest BCUT2D eigenvalue weighted by atomic mass is 10.1. The van der Waals surface area contributed by atoms with Gasteiger partial charge in [0.1, 0.15) is 0 Å². The molecular weight excluding hydrogens is 228 g/mol. The summed E-state index contributed by atoms with van der Waals surface area (Å²) in [5, 5.41) is 11.8. The quantitative estimate of drug-likeness (QED) is 0.591. The molecule has 1 aromatic carbocycles. The maximum Gasteiger partial charge on any atom is 0.271 e. The maximum atomic E-state index is 10.8. The van der Waals surface area contributed by atoms with Crippen molar-refractivity contribution in [1.29, 1.82) is 0 Å². The summed E-state index contributed by atoms with van der Waals surface area (Å²) in [6, 6.07) is 7.03. The first-order valence-corrected chi connectivity index (χ1v) is 6.31. The van der Waals surface area contributed by atoms with E-state index in [4.69, 9.17) is 0 Å². The number of rotatable bonds is 5. The van der Waals surface area contributed by atoms with E-state index >= 15 is 0 Å². The molecule has 0 N–H and O–H groups in total. The Balaban J connectivity index is 2.22. The number of hydrogen-bond acceptors (Lipinski definition) is 2. The van der Waals surface area contributed by atoms with Crippen LogP contribution in [0.4, 0.5) is 5.69 Å². The molecule has 96 valence electrons. The maximum absolute atomic E-state index is 10.8. The largest absolute Gasteiger partial charge is 0.347 e. The van der Waals surface area contributed by atoms with Crippen molar-refractivity contribution in [3.8, 4) is 0 Å². The zero-order valence-electron chi connectivity index (χ0n) is 10.8. The van der Waals surface area contributed by atoms with E-state index in [0.717, 1.165) is 23.9 Å². The Morgan fingerprint density at radius 3 is 2.78 bits per heavy atom. The SMILES string of the molecule is CC(C)CCCn1ccc2ccc([N+](=O)[O-])cc21. The van der Waals surface area contributed by atoms with E-state index in [1.807, 2.05) is 18.3 Å². The summed E-state index contributed by atoms with van der Waals surface area (Å²) < 4.78 is 2.10. The fourth-order valence-corrected chi connectivity index (χ4v) is 2.15. The molecule has 0 bridgehead atoms. The van der Waals surface area contributed by atoms with Crippen LogP contribution in [0.5, 0.6) is 0 Å². The summed E-state index contributed by atoms with van der Waals surface area (Å²) in [7, 11) is 0. The van der Waals surface area contributed by atoms with E-state index < -0.39 is 0 Å². The van der Waals surface area contributed by atoms with Crippen LogP contribution in [0.15, 0.2) is 30.5 Å². The van der Waals surface area contributed by atoms with Crippen LogP contribution < -0.4 is 0 Å². The summed E-state index contributed by atoms with van der Waals surface area (Å²) in [5.41, 5.74) is 1.11. The molecule has 0 aliphatic carbocycles. The Morgan fingerprint density at radius 2 is 2.11 bits per heavy atom. The lowest BCUT2D eigenvalue weighted by Gasteiger charge is -2.07. The molecule has 0 aliphatic heterocycles. The van der Waals surface area contributed by atoms with Gasteiger partial charge in [0.2, 0.25) is 0 Å². The molecule has 0 spiro atoms. The summed E-state index contributed by atoms with van der Waals surface area (Å²) in [4.78, 5) is 10.4. The van der Waals surface area contributed by atoms with Crippen LogP contribution >= 0.6 is 0 Å². The van der Waals surface area contributed by atoms with Crippen molar-refractivity contribution >= 4 is 16.6 Å². The number of non-ortho nitro benzene ring substituents is 1. The average molecular weight is 246 g/mol. The van der Waals surface area contributed by atoms with E-state index in [2.05, 4.69) is 18.4 Å². The summed E-state index contributed by atoms with van der Waals surface area (Å²) in [6.07, 6.45) is 4.29. The van der Waals surface area contributed by atoms with Gasteiger partial charge < -0.3 is 4.57 Å². The standard InChI is InChI=1S/C14H18N2O2/c1-11(2)4-3-8-15-9-7-12-5-6-13(16(17)18)10-14(12)15/h5-7,9-11H,3-4,8H2,1-2H3. The highest BCUT2D eigenvalue weighted by molar-refractivity contribution is 5.82. The molecular formula is C14H18N2O2. The van der Waals surface area contributed by atoms with Gasteiger partial charge in [-0.2, -0.15) is 0 Å². The molecule has 0 aliphatic rings. The highest BCUT2D eigenvalue weighted by Gasteiger charge is 2.09. The van der Waals surface area contributed by atoms with E-state index in [0.29, 0.717) is 5.92 Å². The van der Waals surface area contributed by atoms with Gasteiger partial charge in [-0.25, -0.2) is 0 Å². The van der Waals surface area contributed by atoms with Gasteiger partial charge in [-0.3, -0.25) is 10.1 Å². The van der Waals surface area contributed by atoms with E-state index in [1.54, 1.807) is 12.1 Å². The molecule has 4 heteroatoms. The van der Waals surface area contributed by atoms with E-state index in [-0.39, 0.29) is 10.6 Å². The van der Waals surface area contributed by atoms with Gasteiger partial charge in [0.15, 0.2) is 0 Å². The second-order valence-electron chi connectivity index (χ2n) is 5.05. The molecule has 0 saturated heterocycles. The zero-order valence-corrected chi connectivity index (χ0v) is 10.8. The molecule has 0 atom stereocenters. The minimum absolute atomic E-state index is 0.159. The predicted octanol–water partition coefficient (Wildman–Crippen LogP) is 3.99. The highest BCUT2D eigenvalue weighted by atomic mass is 16.6. The number of nitro benzene ring substituents is 1. The van der Waals surface area contributed by atoms with Crippen LogP contribution in [0, 0.1) is 16.0 Å². The second kappa shape index (κ2) is 5.21. The third kappa shape index (κ3) is 2.70. The van der Waals surface area contributed by atoms with Crippen LogP contribution in [0.3, 0.4) is 0 Å². The fourth-order valence-electron chi connectivity index (χ4n) is 2.15. The molecule has 0 saturated carbocycles. The average Bonchev–Trinajstić information content (AvgIpc) is 2.71. The number of hydrogen-bond donors (Lipinski definition) is 0. The third-order valence-electron chi connectivity index (χ3n) is 3.15. The van der Waals surface area contributed by atoms with Crippen LogP contribution in [0.25, 0.3) is 10.9 Å². The van der Waals surface area contributed by atoms with Crippen molar-refractivity contribution in [2.75, 3.05) is 0 Å². The molecule has 0 amide bonds. The molecule has 0 unspecified atom stereocenters. The van der Waals surface area contributed by atoms with Crippen molar-refractivity contribution in [3.63, 3.8) is 0 Å².